The van der Waals surface area contributed by atoms with E-state index in [1.165, 1.54) is 6.26 Å². The minimum absolute atomic E-state index is 0.163. The van der Waals surface area contributed by atoms with Gasteiger partial charge in [0.1, 0.15) is 9.84 Å². The number of nitrogens with zero attached hydrogens (tertiary/aromatic N) is 1. The van der Waals surface area contributed by atoms with Gasteiger partial charge in [-0.25, -0.2) is 16.8 Å². The molecule has 0 spiro atoms. The average Bonchev–Trinajstić information content (AvgIpc) is 2.09. The van der Waals surface area contributed by atoms with Crippen molar-refractivity contribution in [3.8, 4) is 0 Å². The highest BCUT2D eigenvalue weighted by molar-refractivity contribution is 7.92. The van der Waals surface area contributed by atoms with Crippen LogP contribution >= 0.6 is 0 Å². The number of rotatable bonds is 4. The summed E-state index contributed by atoms with van der Waals surface area (Å²) in [7, 11) is -5.93. The maximum atomic E-state index is 11.8. The molecule has 1 fully saturated rings. The van der Waals surface area contributed by atoms with E-state index in [1.54, 1.807) is 13.8 Å². The number of hydrogen-bond acceptors (Lipinski definition) is 5. The van der Waals surface area contributed by atoms with Crippen LogP contribution in [0.25, 0.3) is 0 Å². The molecule has 0 aliphatic carbocycles. The van der Waals surface area contributed by atoms with Crippen molar-refractivity contribution in [2.24, 2.45) is 0 Å². The van der Waals surface area contributed by atoms with Gasteiger partial charge in [0.25, 0.3) is 0 Å². The molecular formula is C10H21NO4S2. The van der Waals surface area contributed by atoms with E-state index in [1.807, 2.05) is 4.90 Å². The van der Waals surface area contributed by atoms with Crippen molar-refractivity contribution in [3.05, 3.63) is 0 Å². The molecule has 0 aromatic carbocycles. The van der Waals surface area contributed by atoms with Gasteiger partial charge in [-0.15, -0.1) is 0 Å². The van der Waals surface area contributed by atoms with Crippen molar-refractivity contribution < 1.29 is 16.8 Å². The zero-order chi connectivity index (χ0) is 13.3. The standard InChI is InChI=1S/C10H21NO4S2/c1-10(2)9-11(6-8-17(10,14)15)5-4-7-16(3,12)13/h4-9H2,1-3H3. The summed E-state index contributed by atoms with van der Waals surface area (Å²) in [5.74, 6) is 0.329. The van der Waals surface area contributed by atoms with Crippen LogP contribution in [0.1, 0.15) is 20.3 Å². The zero-order valence-electron chi connectivity index (χ0n) is 10.6. The Labute approximate surface area is 104 Å². The van der Waals surface area contributed by atoms with Crippen molar-refractivity contribution in [2.45, 2.75) is 25.0 Å². The van der Waals surface area contributed by atoms with Gasteiger partial charge in [-0.1, -0.05) is 0 Å². The van der Waals surface area contributed by atoms with Crippen molar-refractivity contribution in [3.63, 3.8) is 0 Å². The summed E-state index contributed by atoms with van der Waals surface area (Å²) < 4.78 is 44.8. The Kier molecular flexibility index (Phi) is 4.26. The van der Waals surface area contributed by atoms with Crippen LogP contribution in [0.5, 0.6) is 0 Å². The highest BCUT2D eigenvalue weighted by Crippen LogP contribution is 2.23. The Morgan fingerprint density at radius 3 is 2.35 bits per heavy atom. The average molecular weight is 283 g/mol. The van der Waals surface area contributed by atoms with E-state index in [0.717, 1.165) is 0 Å². The lowest BCUT2D eigenvalue weighted by atomic mass is 10.2. The summed E-state index contributed by atoms with van der Waals surface area (Å²) in [4.78, 5) is 2.03. The first-order valence-electron chi connectivity index (χ1n) is 5.66. The van der Waals surface area contributed by atoms with E-state index in [4.69, 9.17) is 0 Å². The fourth-order valence-electron chi connectivity index (χ4n) is 1.98. The Hall–Kier alpha value is -0.140. The van der Waals surface area contributed by atoms with Crippen molar-refractivity contribution in [2.75, 3.05) is 37.4 Å². The Balaban J connectivity index is 2.50. The second-order valence-electron chi connectivity index (χ2n) is 5.34. The van der Waals surface area contributed by atoms with E-state index >= 15 is 0 Å². The van der Waals surface area contributed by atoms with Crippen LogP contribution in [0, 0.1) is 0 Å². The van der Waals surface area contributed by atoms with Gasteiger partial charge in [-0.05, 0) is 26.8 Å². The van der Waals surface area contributed by atoms with Crippen molar-refractivity contribution in [1.29, 1.82) is 0 Å². The molecule has 0 radical (unpaired) electrons. The van der Waals surface area contributed by atoms with Gasteiger partial charge < -0.3 is 4.90 Å². The lowest BCUT2D eigenvalue weighted by Crippen LogP contribution is -2.53. The molecule has 7 heteroatoms. The second kappa shape index (κ2) is 4.85. The third kappa shape index (κ3) is 4.22. The quantitative estimate of drug-likeness (QED) is 0.722. The van der Waals surface area contributed by atoms with E-state index in [9.17, 15) is 16.8 Å². The maximum absolute atomic E-state index is 11.8. The fourth-order valence-corrected chi connectivity index (χ4v) is 4.07. The summed E-state index contributed by atoms with van der Waals surface area (Å²) >= 11 is 0. The number of sulfone groups is 2. The minimum Gasteiger partial charge on any atom is -0.301 e. The molecule has 17 heavy (non-hydrogen) atoms. The van der Waals surface area contributed by atoms with Crippen LogP contribution in [-0.2, 0) is 19.7 Å². The zero-order valence-corrected chi connectivity index (χ0v) is 12.3. The van der Waals surface area contributed by atoms with Gasteiger partial charge in [0.15, 0.2) is 9.84 Å². The number of hydrogen-bond donors (Lipinski definition) is 0. The smallest absolute Gasteiger partial charge is 0.157 e. The van der Waals surface area contributed by atoms with Gasteiger partial charge in [-0.2, -0.15) is 0 Å². The van der Waals surface area contributed by atoms with Crippen molar-refractivity contribution >= 4 is 19.7 Å². The molecular weight excluding hydrogens is 262 g/mol. The molecule has 0 unspecified atom stereocenters. The van der Waals surface area contributed by atoms with E-state index in [0.29, 0.717) is 26.1 Å². The summed E-state index contributed by atoms with van der Waals surface area (Å²) in [6, 6.07) is 0. The molecule has 0 aromatic heterocycles. The van der Waals surface area contributed by atoms with Crippen molar-refractivity contribution in [1.82, 2.24) is 4.90 Å². The lowest BCUT2D eigenvalue weighted by molar-refractivity contribution is 0.250. The molecule has 1 rings (SSSR count). The van der Waals surface area contributed by atoms with E-state index < -0.39 is 24.4 Å². The Morgan fingerprint density at radius 2 is 1.88 bits per heavy atom. The summed E-state index contributed by atoms with van der Waals surface area (Å²) in [6.45, 7) is 5.09. The third-order valence-electron chi connectivity index (χ3n) is 3.11. The SMILES string of the molecule is CC1(C)CN(CCCS(C)(=O)=O)CCS1(=O)=O. The third-order valence-corrected chi connectivity index (χ3v) is 6.68. The van der Waals surface area contributed by atoms with Gasteiger partial charge in [0.2, 0.25) is 0 Å². The maximum Gasteiger partial charge on any atom is 0.157 e. The van der Waals surface area contributed by atoms with Gasteiger partial charge in [0, 0.05) is 19.3 Å². The van der Waals surface area contributed by atoms with E-state index in [2.05, 4.69) is 0 Å². The summed E-state index contributed by atoms with van der Waals surface area (Å²) in [5, 5.41) is 0. The van der Waals surface area contributed by atoms with Crippen LogP contribution in [0.4, 0.5) is 0 Å². The molecule has 1 aliphatic heterocycles. The highest BCUT2D eigenvalue weighted by Gasteiger charge is 2.39. The molecule has 0 N–H and O–H groups in total. The monoisotopic (exact) mass is 283 g/mol. The fraction of sp³-hybridized carbons (Fsp3) is 1.00. The molecule has 0 atom stereocenters. The van der Waals surface area contributed by atoms with Gasteiger partial charge >= 0.3 is 0 Å². The molecule has 0 bridgehead atoms. The molecule has 0 saturated carbocycles. The van der Waals surface area contributed by atoms with Crippen LogP contribution in [0.2, 0.25) is 0 Å². The van der Waals surface area contributed by atoms with Crippen LogP contribution in [0.15, 0.2) is 0 Å². The first-order valence-corrected chi connectivity index (χ1v) is 9.37. The van der Waals surface area contributed by atoms with Crippen LogP contribution < -0.4 is 0 Å². The second-order valence-corrected chi connectivity index (χ2v) is 10.3. The first-order chi connectivity index (χ1) is 7.54. The Bertz CT molecular complexity index is 465. The normalized spacial score (nSPS) is 24.6. The first kappa shape index (κ1) is 14.9. The van der Waals surface area contributed by atoms with Crippen LogP contribution in [-0.4, -0.2) is 63.9 Å². The predicted octanol–water partition coefficient (Wildman–Crippen LogP) is -0.0699. The van der Waals surface area contributed by atoms with Gasteiger partial charge in [-0.3, -0.25) is 0 Å². The van der Waals surface area contributed by atoms with Gasteiger partial charge in [0.05, 0.1) is 16.3 Å². The topological polar surface area (TPSA) is 71.5 Å². The Morgan fingerprint density at radius 1 is 1.29 bits per heavy atom. The van der Waals surface area contributed by atoms with Crippen LogP contribution in [0.3, 0.4) is 0 Å². The molecule has 102 valence electrons. The highest BCUT2D eigenvalue weighted by atomic mass is 32.2. The molecule has 1 aliphatic rings. The lowest BCUT2D eigenvalue weighted by Gasteiger charge is -2.37. The largest absolute Gasteiger partial charge is 0.301 e. The predicted molar refractivity (Wildman–Crippen MR) is 68.6 cm³/mol. The van der Waals surface area contributed by atoms with E-state index in [-0.39, 0.29) is 11.5 Å². The summed E-state index contributed by atoms with van der Waals surface area (Å²) in [5.41, 5.74) is 0. The molecule has 0 aromatic rings. The minimum atomic E-state index is -3.01. The molecule has 1 heterocycles. The molecule has 5 nitrogen and oxygen atoms in total. The molecule has 0 amide bonds. The summed E-state index contributed by atoms with van der Waals surface area (Å²) in [6.07, 6.45) is 1.78. The molecule has 1 saturated heterocycles.